The van der Waals surface area contributed by atoms with Crippen molar-refractivity contribution in [3.05, 3.63) is 66.3 Å². The number of rotatable bonds is 9. The maximum atomic E-state index is 12.0. The van der Waals surface area contributed by atoms with Crippen molar-refractivity contribution in [3.63, 3.8) is 0 Å². The van der Waals surface area contributed by atoms with Gasteiger partial charge in [0.2, 0.25) is 0 Å². The van der Waals surface area contributed by atoms with Gasteiger partial charge in [-0.2, -0.15) is 0 Å². The van der Waals surface area contributed by atoms with E-state index in [-0.39, 0.29) is 5.57 Å². The first-order chi connectivity index (χ1) is 11.0. The van der Waals surface area contributed by atoms with Crippen LogP contribution in [0, 0.1) is 5.92 Å². The maximum Gasteiger partial charge on any atom is 0.334 e. The number of allylic oxidation sites excluding steroid dienone is 2. The lowest BCUT2D eigenvalue weighted by Gasteiger charge is -2.11. The highest BCUT2D eigenvalue weighted by molar-refractivity contribution is 5.90. The molecule has 4 heteroatoms. The average Bonchev–Trinajstić information content (AvgIpc) is 2.55. The molecule has 122 valence electrons. The Morgan fingerprint density at radius 1 is 1.26 bits per heavy atom. The Labute approximate surface area is 136 Å². The Balaban J connectivity index is 2.83. The van der Waals surface area contributed by atoms with Crippen LogP contribution in [0.2, 0.25) is 0 Å². The number of hydrogen-bond donors (Lipinski definition) is 1. The molecule has 0 fully saturated rings. The molecule has 0 saturated carbocycles. The molecule has 1 rings (SSSR count). The van der Waals surface area contributed by atoms with Gasteiger partial charge in [0, 0.05) is 17.6 Å². The zero-order valence-electron chi connectivity index (χ0n) is 13.3. The predicted octanol–water partition coefficient (Wildman–Crippen LogP) is 3.86. The smallest absolute Gasteiger partial charge is 0.334 e. The van der Waals surface area contributed by atoms with Gasteiger partial charge in [0.15, 0.2) is 0 Å². The number of carbonyl (C=O) groups excluding carboxylic acids is 1. The molecule has 0 spiro atoms. The summed E-state index contributed by atoms with van der Waals surface area (Å²) < 4.78 is 5.13. The standard InChI is InChI=1S/C19H22O4/c1-3-4-14-23-19(22)15(2)17(12-13-18(20)21)11-10-16-8-6-5-7-9-16/h5-13,17H,2-4,14H2,1H3,(H,20,21). The molecule has 1 unspecified atom stereocenters. The van der Waals surface area contributed by atoms with Gasteiger partial charge in [-0.15, -0.1) is 0 Å². The van der Waals surface area contributed by atoms with Crippen molar-refractivity contribution in [1.29, 1.82) is 0 Å². The van der Waals surface area contributed by atoms with Crippen molar-refractivity contribution in [2.75, 3.05) is 6.61 Å². The third kappa shape index (κ3) is 7.27. The fourth-order valence-electron chi connectivity index (χ4n) is 1.80. The van der Waals surface area contributed by atoms with Crippen LogP contribution in [0.3, 0.4) is 0 Å². The van der Waals surface area contributed by atoms with Gasteiger partial charge < -0.3 is 9.84 Å². The summed E-state index contributed by atoms with van der Waals surface area (Å²) in [6, 6.07) is 9.53. The first kappa shape index (κ1) is 18.4. The van der Waals surface area contributed by atoms with Crippen LogP contribution in [0.15, 0.2) is 60.7 Å². The van der Waals surface area contributed by atoms with Crippen LogP contribution in [-0.4, -0.2) is 23.7 Å². The van der Waals surface area contributed by atoms with Gasteiger partial charge in [-0.25, -0.2) is 9.59 Å². The highest BCUT2D eigenvalue weighted by Gasteiger charge is 2.16. The van der Waals surface area contributed by atoms with Crippen LogP contribution < -0.4 is 0 Å². The van der Waals surface area contributed by atoms with Crippen molar-refractivity contribution >= 4 is 18.0 Å². The number of unbranched alkanes of at least 4 members (excludes halogenated alkanes) is 1. The summed E-state index contributed by atoms with van der Waals surface area (Å²) in [4.78, 5) is 22.7. The molecule has 0 radical (unpaired) electrons. The Hall–Kier alpha value is -2.62. The number of ether oxygens (including phenoxy) is 1. The van der Waals surface area contributed by atoms with Crippen molar-refractivity contribution in [1.82, 2.24) is 0 Å². The number of carbonyl (C=O) groups is 2. The van der Waals surface area contributed by atoms with E-state index in [4.69, 9.17) is 9.84 Å². The Morgan fingerprint density at radius 3 is 2.57 bits per heavy atom. The summed E-state index contributed by atoms with van der Waals surface area (Å²) in [5.41, 5.74) is 1.17. The summed E-state index contributed by atoms with van der Waals surface area (Å²) in [6.07, 6.45) is 7.69. The molecule has 0 aromatic heterocycles. The zero-order valence-corrected chi connectivity index (χ0v) is 13.3. The second-order valence-electron chi connectivity index (χ2n) is 5.01. The van der Waals surface area contributed by atoms with Gasteiger partial charge in [-0.1, -0.05) is 68.5 Å². The monoisotopic (exact) mass is 314 g/mol. The summed E-state index contributed by atoms with van der Waals surface area (Å²) >= 11 is 0. The van der Waals surface area contributed by atoms with E-state index in [2.05, 4.69) is 6.58 Å². The predicted molar refractivity (Wildman–Crippen MR) is 90.7 cm³/mol. The number of hydrogen-bond acceptors (Lipinski definition) is 3. The molecule has 0 saturated heterocycles. The third-order valence-corrected chi connectivity index (χ3v) is 3.14. The quantitative estimate of drug-likeness (QED) is 0.427. The lowest BCUT2D eigenvalue weighted by molar-refractivity contribution is -0.139. The lowest BCUT2D eigenvalue weighted by atomic mass is 9.98. The molecular weight excluding hydrogens is 292 g/mol. The Morgan fingerprint density at radius 2 is 1.96 bits per heavy atom. The van der Waals surface area contributed by atoms with Gasteiger partial charge in [0.05, 0.1) is 6.61 Å². The SMILES string of the molecule is C=C(C(=O)OCCCC)C(C=CC(=O)O)C=Cc1ccccc1. The van der Waals surface area contributed by atoms with Crippen molar-refractivity contribution < 1.29 is 19.4 Å². The van der Waals surface area contributed by atoms with Crippen LogP contribution in [0.25, 0.3) is 6.08 Å². The van der Waals surface area contributed by atoms with E-state index in [1.807, 2.05) is 43.3 Å². The number of aliphatic carboxylic acids is 1. The molecule has 4 nitrogen and oxygen atoms in total. The second-order valence-corrected chi connectivity index (χ2v) is 5.01. The fourth-order valence-corrected chi connectivity index (χ4v) is 1.80. The first-order valence-electron chi connectivity index (χ1n) is 7.55. The second kappa shape index (κ2) is 10.2. The number of esters is 1. The molecule has 1 aromatic carbocycles. The minimum atomic E-state index is -1.07. The lowest BCUT2D eigenvalue weighted by Crippen LogP contribution is -2.13. The molecule has 0 aliphatic carbocycles. The Kier molecular flexibility index (Phi) is 8.14. The molecule has 0 aliphatic rings. The fraction of sp³-hybridized carbons (Fsp3) is 0.263. The molecule has 23 heavy (non-hydrogen) atoms. The van der Waals surface area contributed by atoms with E-state index < -0.39 is 17.9 Å². The largest absolute Gasteiger partial charge is 0.478 e. The molecule has 0 heterocycles. The van der Waals surface area contributed by atoms with Gasteiger partial charge >= 0.3 is 11.9 Å². The molecule has 1 atom stereocenters. The number of carboxylic acid groups (broad SMARTS) is 1. The van der Waals surface area contributed by atoms with Gasteiger partial charge in [0.25, 0.3) is 0 Å². The highest BCUT2D eigenvalue weighted by atomic mass is 16.5. The summed E-state index contributed by atoms with van der Waals surface area (Å²) in [6.45, 7) is 6.10. The summed E-state index contributed by atoms with van der Waals surface area (Å²) in [5, 5.41) is 8.78. The number of benzene rings is 1. The van der Waals surface area contributed by atoms with Crippen LogP contribution in [0.1, 0.15) is 25.3 Å². The van der Waals surface area contributed by atoms with E-state index >= 15 is 0 Å². The van der Waals surface area contributed by atoms with Gasteiger partial charge in [0.1, 0.15) is 0 Å². The topological polar surface area (TPSA) is 63.6 Å². The van der Waals surface area contributed by atoms with Crippen LogP contribution in [0.5, 0.6) is 0 Å². The summed E-state index contributed by atoms with van der Waals surface area (Å²) in [7, 11) is 0. The third-order valence-electron chi connectivity index (χ3n) is 3.14. The zero-order chi connectivity index (χ0) is 17.1. The van der Waals surface area contributed by atoms with Crippen molar-refractivity contribution in [3.8, 4) is 0 Å². The van der Waals surface area contributed by atoms with Crippen molar-refractivity contribution in [2.45, 2.75) is 19.8 Å². The van der Waals surface area contributed by atoms with E-state index in [1.165, 1.54) is 6.08 Å². The van der Waals surface area contributed by atoms with E-state index in [0.717, 1.165) is 24.5 Å². The molecular formula is C19H22O4. The maximum absolute atomic E-state index is 12.0. The minimum absolute atomic E-state index is 0.214. The molecule has 0 aliphatic heterocycles. The van der Waals surface area contributed by atoms with E-state index in [0.29, 0.717) is 6.61 Å². The van der Waals surface area contributed by atoms with Crippen molar-refractivity contribution in [2.24, 2.45) is 5.92 Å². The van der Waals surface area contributed by atoms with E-state index in [9.17, 15) is 9.59 Å². The normalized spacial score (nSPS) is 12.4. The van der Waals surface area contributed by atoms with Crippen LogP contribution >= 0.6 is 0 Å². The molecule has 0 bridgehead atoms. The molecule has 1 aromatic rings. The van der Waals surface area contributed by atoms with Crippen LogP contribution in [0.4, 0.5) is 0 Å². The first-order valence-corrected chi connectivity index (χ1v) is 7.55. The summed E-state index contributed by atoms with van der Waals surface area (Å²) in [5.74, 6) is -2.10. The highest BCUT2D eigenvalue weighted by Crippen LogP contribution is 2.17. The van der Waals surface area contributed by atoms with Gasteiger partial charge in [-0.3, -0.25) is 0 Å². The average molecular weight is 314 g/mol. The molecule has 0 amide bonds. The van der Waals surface area contributed by atoms with Crippen LogP contribution in [-0.2, 0) is 14.3 Å². The molecule has 1 N–H and O–H groups in total. The minimum Gasteiger partial charge on any atom is -0.478 e. The van der Waals surface area contributed by atoms with Gasteiger partial charge in [-0.05, 0) is 12.0 Å². The van der Waals surface area contributed by atoms with E-state index in [1.54, 1.807) is 6.08 Å². The number of carboxylic acids is 1. The Bertz CT molecular complexity index is 585.